The molecule has 0 aliphatic heterocycles. The predicted octanol–water partition coefficient (Wildman–Crippen LogP) is 1.96. The van der Waals surface area contributed by atoms with Gasteiger partial charge in [0.2, 0.25) is 0 Å². The Morgan fingerprint density at radius 3 is 2.47 bits per heavy atom. The average molecular weight is 255 g/mol. The van der Waals surface area contributed by atoms with E-state index in [4.69, 9.17) is 10.5 Å². The first-order valence-electron chi connectivity index (χ1n) is 6.03. The lowest BCUT2D eigenvalue weighted by atomic mass is 9.75. The van der Waals surface area contributed by atoms with Crippen LogP contribution in [-0.2, 0) is 10.2 Å². The number of hydrogen-bond donors (Lipinski definition) is 1. The summed E-state index contributed by atoms with van der Waals surface area (Å²) in [6.07, 6.45) is 3.92. The molecule has 1 atom stereocenters. The van der Waals surface area contributed by atoms with Crippen molar-refractivity contribution in [3.8, 4) is 12.1 Å². The molecule has 0 radical (unpaired) electrons. The van der Waals surface area contributed by atoms with Crippen molar-refractivity contribution in [1.82, 2.24) is 4.98 Å². The van der Waals surface area contributed by atoms with Crippen LogP contribution in [0.1, 0.15) is 36.9 Å². The third-order valence-corrected chi connectivity index (χ3v) is 3.65. The van der Waals surface area contributed by atoms with Gasteiger partial charge in [0.1, 0.15) is 5.41 Å². The summed E-state index contributed by atoms with van der Waals surface area (Å²) in [6.45, 7) is 1.37. The standard InChI is InChI=1S/C14H13N3O2/c1-14(13(18)19,11(6-15)7-16)12-5-4-10(8-17-12)9-2-3-9/h4-5,8-9,11H,2-3H2,1H3,(H,18,19). The van der Waals surface area contributed by atoms with Crippen molar-refractivity contribution in [2.75, 3.05) is 0 Å². The van der Waals surface area contributed by atoms with Gasteiger partial charge >= 0.3 is 5.97 Å². The van der Waals surface area contributed by atoms with Crippen LogP contribution in [-0.4, -0.2) is 16.1 Å². The van der Waals surface area contributed by atoms with E-state index in [9.17, 15) is 9.90 Å². The summed E-state index contributed by atoms with van der Waals surface area (Å²) in [7, 11) is 0. The Hall–Kier alpha value is -2.40. The largest absolute Gasteiger partial charge is 0.480 e. The van der Waals surface area contributed by atoms with Gasteiger partial charge < -0.3 is 5.11 Å². The molecule has 1 unspecified atom stereocenters. The first-order valence-corrected chi connectivity index (χ1v) is 6.03. The molecule has 0 saturated heterocycles. The van der Waals surface area contributed by atoms with Crippen LogP contribution >= 0.6 is 0 Å². The van der Waals surface area contributed by atoms with Crippen LogP contribution in [0, 0.1) is 28.6 Å². The summed E-state index contributed by atoms with van der Waals surface area (Å²) >= 11 is 0. The minimum absolute atomic E-state index is 0.248. The molecule has 0 spiro atoms. The third-order valence-electron chi connectivity index (χ3n) is 3.65. The molecule has 2 rings (SSSR count). The smallest absolute Gasteiger partial charge is 0.317 e. The minimum atomic E-state index is -1.61. The number of carbonyl (C=O) groups is 1. The molecule has 1 N–H and O–H groups in total. The van der Waals surface area contributed by atoms with Crippen LogP contribution in [0.15, 0.2) is 18.3 Å². The fourth-order valence-electron chi connectivity index (χ4n) is 2.04. The zero-order valence-electron chi connectivity index (χ0n) is 10.5. The molecule has 0 amide bonds. The molecule has 1 aliphatic rings. The van der Waals surface area contributed by atoms with Gasteiger partial charge in [0, 0.05) is 6.20 Å². The number of nitriles is 2. The molecule has 0 aromatic carbocycles. The summed E-state index contributed by atoms with van der Waals surface area (Å²) in [5.41, 5.74) is -0.273. The maximum absolute atomic E-state index is 11.5. The maximum atomic E-state index is 11.5. The second-order valence-corrected chi connectivity index (χ2v) is 4.95. The highest BCUT2D eigenvalue weighted by atomic mass is 16.4. The molecule has 1 heterocycles. The molecular weight excluding hydrogens is 242 g/mol. The number of aliphatic carboxylic acids is 1. The molecule has 1 saturated carbocycles. The number of rotatable bonds is 4. The van der Waals surface area contributed by atoms with Crippen LogP contribution in [0.25, 0.3) is 0 Å². The SMILES string of the molecule is CC(C(=O)O)(c1ccc(C2CC2)cn1)C(C#N)C#N. The Morgan fingerprint density at radius 1 is 1.47 bits per heavy atom. The van der Waals surface area contributed by atoms with Crippen molar-refractivity contribution in [1.29, 1.82) is 10.5 Å². The van der Waals surface area contributed by atoms with Crippen molar-refractivity contribution in [2.45, 2.75) is 31.1 Å². The number of pyridine rings is 1. The number of carboxylic acid groups (broad SMARTS) is 1. The zero-order valence-corrected chi connectivity index (χ0v) is 10.5. The molecule has 19 heavy (non-hydrogen) atoms. The van der Waals surface area contributed by atoms with Crippen molar-refractivity contribution in [2.24, 2.45) is 5.92 Å². The number of aromatic nitrogens is 1. The van der Waals surface area contributed by atoms with Crippen molar-refractivity contribution >= 4 is 5.97 Å². The van der Waals surface area contributed by atoms with E-state index in [1.807, 2.05) is 6.07 Å². The molecule has 0 bridgehead atoms. The Labute approximate surface area is 111 Å². The van der Waals surface area contributed by atoms with Crippen molar-refractivity contribution < 1.29 is 9.90 Å². The molecule has 5 nitrogen and oxygen atoms in total. The monoisotopic (exact) mass is 255 g/mol. The van der Waals surface area contributed by atoms with Gasteiger partial charge in [0.25, 0.3) is 0 Å². The van der Waals surface area contributed by atoms with Gasteiger partial charge in [-0.15, -0.1) is 0 Å². The summed E-state index contributed by atoms with van der Waals surface area (Å²) in [4.78, 5) is 15.6. The number of carboxylic acids is 1. The predicted molar refractivity (Wildman–Crippen MR) is 65.9 cm³/mol. The lowest BCUT2D eigenvalue weighted by molar-refractivity contribution is -0.144. The van der Waals surface area contributed by atoms with Gasteiger partial charge in [-0.05, 0) is 37.3 Å². The number of nitrogens with zero attached hydrogens (tertiary/aromatic N) is 3. The van der Waals surface area contributed by atoms with Gasteiger partial charge in [0.15, 0.2) is 5.92 Å². The Bertz CT molecular complexity index is 564. The first kappa shape index (κ1) is 13.0. The molecule has 1 aromatic heterocycles. The van der Waals surface area contributed by atoms with Gasteiger partial charge in [-0.25, -0.2) is 0 Å². The van der Waals surface area contributed by atoms with Crippen LogP contribution in [0.3, 0.4) is 0 Å². The molecular formula is C14H13N3O2. The van der Waals surface area contributed by atoms with E-state index >= 15 is 0 Å². The van der Waals surface area contributed by atoms with Crippen molar-refractivity contribution in [3.63, 3.8) is 0 Å². The Balaban J connectivity index is 2.41. The van der Waals surface area contributed by atoms with Crippen LogP contribution in [0.4, 0.5) is 0 Å². The van der Waals surface area contributed by atoms with Gasteiger partial charge in [-0.1, -0.05) is 6.07 Å². The van der Waals surface area contributed by atoms with Gasteiger partial charge in [0.05, 0.1) is 17.8 Å². The average Bonchev–Trinajstić information content (AvgIpc) is 3.24. The highest BCUT2D eigenvalue weighted by Crippen LogP contribution is 2.40. The second-order valence-electron chi connectivity index (χ2n) is 4.95. The molecule has 96 valence electrons. The first-order chi connectivity index (χ1) is 9.03. The normalized spacial score (nSPS) is 17.3. The van der Waals surface area contributed by atoms with E-state index in [1.54, 1.807) is 24.4 Å². The molecule has 5 heteroatoms. The highest BCUT2D eigenvalue weighted by molar-refractivity contribution is 5.81. The fourth-order valence-corrected chi connectivity index (χ4v) is 2.04. The minimum Gasteiger partial charge on any atom is -0.480 e. The summed E-state index contributed by atoms with van der Waals surface area (Å²) < 4.78 is 0. The van der Waals surface area contributed by atoms with Crippen LogP contribution in [0.2, 0.25) is 0 Å². The summed E-state index contributed by atoms with van der Waals surface area (Å²) in [5, 5.41) is 27.3. The van der Waals surface area contributed by atoms with E-state index < -0.39 is 17.3 Å². The van der Waals surface area contributed by atoms with E-state index in [2.05, 4.69) is 4.98 Å². The third kappa shape index (κ3) is 2.15. The second kappa shape index (κ2) is 4.70. The van der Waals surface area contributed by atoms with Crippen LogP contribution < -0.4 is 0 Å². The highest BCUT2D eigenvalue weighted by Gasteiger charge is 2.45. The Kier molecular flexibility index (Phi) is 3.23. The van der Waals surface area contributed by atoms with E-state index in [0.29, 0.717) is 5.92 Å². The van der Waals surface area contributed by atoms with E-state index in [0.717, 1.165) is 18.4 Å². The van der Waals surface area contributed by atoms with Gasteiger partial charge in [-0.2, -0.15) is 10.5 Å². The fraction of sp³-hybridized carbons (Fsp3) is 0.429. The lowest BCUT2D eigenvalue weighted by Crippen LogP contribution is -2.40. The quantitative estimate of drug-likeness (QED) is 0.886. The van der Waals surface area contributed by atoms with E-state index in [-0.39, 0.29) is 5.69 Å². The molecule has 1 aliphatic carbocycles. The number of hydrogen-bond acceptors (Lipinski definition) is 4. The lowest BCUT2D eigenvalue weighted by Gasteiger charge is -2.24. The zero-order chi connectivity index (χ0) is 14.0. The summed E-state index contributed by atoms with van der Waals surface area (Å²) in [6, 6.07) is 6.93. The summed E-state index contributed by atoms with van der Waals surface area (Å²) in [5.74, 6) is -1.96. The molecule has 1 fully saturated rings. The Morgan fingerprint density at radius 2 is 2.11 bits per heavy atom. The molecule has 1 aromatic rings. The van der Waals surface area contributed by atoms with Crippen molar-refractivity contribution in [3.05, 3.63) is 29.6 Å². The van der Waals surface area contributed by atoms with E-state index in [1.165, 1.54) is 6.92 Å². The maximum Gasteiger partial charge on any atom is 0.317 e. The topological polar surface area (TPSA) is 97.8 Å². The van der Waals surface area contributed by atoms with Gasteiger partial charge in [-0.3, -0.25) is 9.78 Å². The van der Waals surface area contributed by atoms with Crippen LogP contribution in [0.5, 0.6) is 0 Å².